The SMILES string of the molecule is CN(CC(=O)N1CCCC1)c1nc(Cc2ccc(F)cc2)ns1. The second-order valence-electron chi connectivity index (χ2n) is 5.74. The van der Waals surface area contributed by atoms with E-state index in [9.17, 15) is 9.18 Å². The molecule has 0 aliphatic carbocycles. The van der Waals surface area contributed by atoms with Crippen LogP contribution in [0.1, 0.15) is 24.2 Å². The summed E-state index contributed by atoms with van der Waals surface area (Å²) in [5.74, 6) is 0.582. The van der Waals surface area contributed by atoms with Crippen molar-refractivity contribution in [3.63, 3.8) is 0 Å². The molecule has 1 fully saturated rings. The molecule has 0 N–H and O–H groups in total. The summed E-state index contributed by atoms with van der Waals surface area (Å²) in [6.07, 6.45) is 2.75. The number of carbonyl (C=O) groups is 1. The maximum atomic E-state index is 12.9. The van der Waals surface area contributed by atoms with Crippen molar-refractivity contribution >= 4 is 22.6 Å². The Hall–Kier alpha value is -2.02. The van der Waals surface area contributed by atoms with Crippen LogP contribution >= 0.6 is 11.5 Å². The van der Waals surface area contributed by atoms with E-state index in [1.54, 1.807) is 12.1 Å². The topological polar surface area (TPSA) is 49.3 Å². The first-order valence-corrected chi connectivity index (χ1v) is 8.45. The quantitative estimate of drug-likeness (QED) is 0.842. The predicted molar refractivity (Wildman–Crippen MR) is 88.2 cm³/mol. The van der Waals surface area contributed by atoms with Gasteiger partial charge in [-0.25, -0.2) is 9.37 Å². The number of likely N-dealkylation sites (tertiary alicyclic amines) is 1. The van der Waals surface area contributed by atoms with Crippen LogP contribution in [0.25, 0.3) is 0 Å². The Morgan fingerprint density at radius 3 is 2.70 bits per heavy atom. The summed E-state index contributed by atoms with van der Waals surface area (Å²) in [5, 5.41) is 0.731. The Morgan fingerprint density at radius 2 is 2.00 bits per heavy atom. The molecule has 0 atom stereocenters. The van der Waals surface area contributed by atoms with Crippen molar-refractivity contribution in [2.75, 3.05) is 31.6 Å². The van der Waals surface area contributed by atoms with Gasteiger partial charge in [-0.2, -0.15) is 4.37 Å². The first-order valence-electron chi connectivity index (χ1n) is 7.68. The maximum Gasteiger partial charge on any atom is 0.242 e. The van der Waals surface area contributed by atoms with E-state index in [1.165, 1.54) is 23.7 Å². The minimum atomic E-state index is -0.249. The van der Waals surface area contributed by atoms with E-state index < -0.39 is 0 Å². The van der Waals surface area contributed by atoms with Crippen LogP contribution in [-0.4, -0.2) is 46.8 Å². The smallest absolute Gasteiger partial charge is 0.242 e. The average Bonchev–Trinajstić information content (AvgIpc) is 3.21. The molecule has 1 aliphatic heterocycles. The molecule has 0 saturated carbocycles. The van der Waals surface area contributed by atoms with Crippen LogP contribution in [0.4, 0.5) is 9.52 Å². The summed E-state index contributed by atoms with van der Waals surface area (Å²) in [6, 6.07) is 6.33. The molecule has 7 heteroatoms. The summed E-state index contributed by atoms with van der Waals surface area (Å²) in [6.45, 7) is 2.04. The molecule has 2 aromatic rings. The fourth-order valence-corrected chi connectivity index (χ4v) is 3.24. The molecular weight excluding hydrogens is 315 g/mol. The Bertz CT molecular complexity index is 667. The molecule has 2 heterocycles. The third-order valence-electron chi connectivity index (χ3n) is 3.89. The molecule has 1 amide bonds. The summed E-state index contributed by atoms with van der Waals surface area (Å²) in [7, 11) is 1.86. The summed E-state index contributed by atoms with van der Waals surface area (Å²) < 4.78 is 17.2. The molecule has 1 saturated heterocycles. The summed E-state index contributed by atoms with van der Waals surface area (Å²) in [4.78, 5) is 20.4. The van der Waals surface area contributed by atoms with Gasteiger partial charge in [0.05, 0.1) is 6.54 Å². The maximum absolute atomic E-state index is 12.9. The normalized spacial score (nSPS) is 14.3. The van der Waals surface area contributed by atoms with E-state index in [0.29, 0.717) is 18.8 Å². The van der Waals surface area contributed by atoms with E-state index >= 15 is 0 Å². The lowest BCUT2D eigenvalue weighted by molar-refractivity contribution is -0.128. The van der Waals surface area contributed by atoms with Crippen LogP contribution in [0.5, 0.6) is 0 Å². The fraction of sp³-hybridized carbons (Fsp3) is 0.438. The van der Waals surface area contributed by atoms with Crippen molar-refractivity contribution in [3.8, 4) is 0 Å². The van der Waals surface area contributed by atoms with Crippen LogP contribution < -0.4 is 4.90 Å². The Morgan fingerprint density at radius 1 is 1.30 bits per heavy atom. The van der Waals surface area contributed by atoms with E-state index in [1.807, 2.05) is 16.8 Å². The van der Waals surface area contributed by atoms with Crippen molar-refractivity contribution in [2.45, 2.75) is 19.3 Å². The van der Waals surface area contributed by atoms with Gasteiger partial charge in [0.15, 0.2) is 0 Å². The number of halogens is 1. The van der Waals surface area contributed by atoms with Gasteiger partial charge in [0.2, 0.25) is 11.0 Å². The van der Waals surface area contributed by atoms with Crippen LogP contribution in [0.15, 0.2) is 24.3 Å². The molecule has 122 valence electrons. The average molecular weight is 334 g/mol. The molecule has 5 nitrogen and oxygen atoms in total. The molecule has 0 radical (unpaired) electrons. The second kappa shape index (κ2) is 7.04. The summed E-state index contributed by atoms with van der Waals surface area (Å²) >= 11 is 1.28. The summed E-state index contributed by atoms with van der Waals surface area (Å²) in [5.41, 5.74) is 0.964. The zero-order chi connectivity index (χ0) is 16.2. The lowest BCUT2D eigenvalue weighted by Gasteiger charge is -2.20. The highest BCUT2D eigenvalue weighted by Crippen LogP contribution is 2.18. The predicted octanol–water partition coefficient (Wildman–Crippen LogP) is 2.33. The number of carbonyl (C=O) groups excluding carboxylic acids is 1. The van der Waals surface area contributed by atoms with Crippen molar-refractivity contribution < 1.29 is 9.18 Å². The van der Waals surface area contributed by atoms with Crippen LogP contribution in [-0.2, 0) is 11.2 Å². The van der Waals surface area contributed by atoms with Crippen LogP contribution in [0.3, 0.4) is 0 Å². The monoisotopic (exact) mass is 334 g/mol. The number of hydrogen-bond donors (Lipinski definition) is 0. The van der Waals surface area contributed by atoms with Gasteiger partial charge in [-0.3, -0.25) is 4.79 Å². The standard InChI is InChI=1S/C16H19FN4OS/c1-20(11-15(22)21-8-2-3-9-21)16-18-14(19-23-16)10-12-4-6-13(17)7-5-12/h4-7H,2-3,8-11H2,1H3. The highest BCUT2D eigenvalue weighted by molar-refractivity contribution is 7.09. The number of aromatic nitrogens is 2. The number of amides is 1. The van der Waals surface area contributed by atoms with Crippen molar-refractivity contribution in [3.05, 3.63) is 41.5 Å². The Balaban J connectivity index is 1.59. The Kier molecular flexibility index (Phi) is 4.85. The van der Waals surface area contributed by atoms with E-state index in [4.69, 9.17) is 0 Å². The molecule has 3 rings (SSSR count). The van der Waals surface area contributed by atoms with Gasteiger partial charge in [0, 0.05) is 38.1 Å². The second-order valence-corrected chi connectivity index (χ2v) is 6.47. The van der Waals surface area contributed by atoms with Gasteiger partial charge < -0.3 is 9.80 Å². The molecule has 0 unspecified atom stereocenters. The molecule has 0 bridgehead atoms. The first kappa shape index (κ1) is 15.9. The van der Waals surface area contributed by atoms with Gasteiger partial charge >= 0.3 is 0 Å². The largest absolute Gasteiger partial charge is 0.341 e. The Labute approximate surface area is 138 Å². The van der Waals surface area contributed by atoms with Gasteiger partial charge in [-0.1, -0.05) is 12.1 Å². The van der Waals surface area contributed by atoms with Crippen LogP contribution in [0, 0.1) is 5.82 Å². The van der Waals surface area contributed by atoms with Gasteiger partial charge in [-0.05, 0) is 30.5 Å². The highest BCUT2D eigenvalue weighted by atomic mass is 32.1. The molecule has 0 spiro atoms. The lowest BCUT2D eigenvalue weighted by atomic mass is 10.1. The number of anilines is 1. The number of hydrogen-bond acceptors (Lipinski definition) is 5. The van der Waals surface area contributed by atoms with E-state index in [-0.39, 0.29) is 11.7 Å². The minimum absolute atomic E-state index is 0.139. The zero-order valence-electron chi connectivity index (χ0n) is 13.0. The lowest BCUT2D eigenvalue weighted by Crippen LogP contribution is -2.37. The first-order chi connectivity index (χ1) is 11.1. The molecular formula is C16H19FN4OS. The third-order valence-corrected chi connectivity index (χ3v) is 4.76. The number of likely N-dealkylation sites (N-methyl/N-ethyl adjacent to an activating group) is 1. The van der Waals surface area contributed by atoms with Gasteiger partial charge in [-0.15, -0.1) is 0 Å². The molecule has 23 heavy (non-hydrogen) atoms. The number of benzene rings is 1. The van der Waals surface area contributed by atoms with Crippen LogP contribution in [0.2, 0.25) is 0 Å². The fourth-order valence-electron chi connectivity index (χ4n) is 2.59. The molecule has 1 aromatic carbocycles. The van der Waals surface area contributed by atoms with Gasteiger partial charge in [0.25, 0.3) is 0 Å². The van der Waals surface area contributed by atoms with Gasteiger partial charge in [0.1, 0.15) is 11.6 Å². The molecule has 1 aromatic heterocycles. The molecule has 1 aliphatic rings. The van der Waals surface area contributed by atoms with E-state index in [2.05, 4.69) is 9.36 Å². The van der Waals surface area contributed by atoms with Crippen molar-refractivity contribution in [1.82, 2.24) is 14.3 Å². The minimum Gasteiger partial charge on any atom is -0.341 e. The van der Waals surface area contributed by atoms with Crippen molar-refractivity contribution in [2.24, 2.45) is 0 Å². The third kappa shape index (κ3) is 4.04. The zero-order valence-corrected chi connectivity index (χ0v) is 13.9. The van der Waals surface area contributed by atoms with Crippen molar-refractivity contribution in [1.29, 1.82) is 0 Å². The number of nitrogens with zero attached hydrogens (tertiary/aromatic N) is 4. The number of rotatable bonds is 5. The van der Waals surface area contributed by atoms with E-state index in [0.717, 1.165) is 36.6 Å². The highest BCUT2D eigenvalue weighted by Gasteiger charge is 2.20.